The van der Waals surface area contributed by atoms with Crippen molar-refractivity contribution in [1.82, 2.24) is 24.8 Å². The van der Waals surface area contributed by atoms with Crippen molar-refractivity contribution < 1.29 is 4.79 Å². The highest BCUT2D eigenvalue weighted by molar-refractivity contribution is 5.79. The van der Waals surface area contributed by atoms with Gasteiger partial charge in [0, 0.05) is 32.9 Å². The Hall–Kier alpha value is -1.43. The second-order valence-electron chi connectivity index (χ2n) is 8.91. The van der Waals surface area contributed by atoms with E-state index in [2.05, 4.69) is 21.4 Å². The van der Waals surface area contributed by atoms with Crippen LogP contribution in [-0.2, 0) is 17.8 Å². The SMILES string of the molecule is CN(C)C(=O)[C@H]1CN2CC[C@H]1C[C@@H]2Cn1cc(CC2CCCCC2)nn1. The van der Waals surface area contributed by atoms with Crippen LogP contribution in [-0.4, -0.2) is 63.9 Å². The van der Waals surface area contributed by atoms with Crippen LogP contribution in [0.25, 0.3) is 0 Å². The summed E-state index contributed by atoms with van der Waals surface area (Å²) in [5.41, 5.74) is 1.16. The summed E-state index contributed by atoms with van der Waals surface area (Å²) in [6.07, 6.45) is 12.4. The van der Waals surface area contributed by atoms with Crippen LogP contribution in [0.3, 0.4) is 0 Å². The first-order valence-corrected chi connectivity index (χ1v) is 10.4. The van der Waals surface area contributed by atoms with E-state index in [1.807, 2.05) is 18.8 Å². The van der Waals surface area contributed by atoms with Gasteiger partial charge in [-0.15, -0.1) is 5.10 Å². The fourth-order valence-electron chi connectivity index (χ4n) is 5.36. The van der Waals surface area contributed by atoms with E-state index >= 15 is 0 Å². The summed E-state index contributed by atoms with van der Waals surface area (Å²) in [5, 5.41) is 8.84. The van der Waals surface area contributed by atoms with E-state index in [1.54, 1.807) is 4.90 Å². The average molecular weight is 360 g/mol. The number of hydrogen-bond acceptors (Lipinski definition) is 4. The molecule has 1 saturated carbocycles. The highest BCUT2D eigenvalue weighted by Crippen LogP contribution is 2.37. The molecule has 1 aliphatic carbocycles. The number of fused-ring (bicyclic) bond motifs is 3. The average Bonchev–Trinajstić information content (AvgIpc) is 3.09. The van der Waals surface area contributed by atoms with Crippen LogP contribution in [0.5, 0.6) is 0 Å². The number of aromatic nitrogens is 3. The lowest BCUT2D eigenvalue weighted by molar-refractivity contribution is -0.141. The van der Waals surface area contributed by atoms with Gasteiger partial charge in [0.05, 0.1) is 18.2 Å². The van der Waals surface area contributed by atoms with Crippen molar-refractivity contribution in [2.45, 2.75) is 64.0 Å². The van der Waals surface area contributed by atoms with E-state index in [1.165, 1.54) is 32.1 Å². The lowest BCUT2D eigenvalue weighted by Crippen LogP contribution is -2.57. The van der Waals surface area contributed by atoms with Crippen molar-refractivity contribution in [3.63, 3.8) is 0 Å². The van der Waals surface area contributed by atoms with Crippen molar-refractivity contribution in [2.24, 2.45) is 17.8 Å². The Morgan fingerprint density at radius 3 is 2.73 bits per heavy atom. The molecule has 0 aromatic carbocycles. The monoisotopic (exact) mass is 359 g/mol. The molecule has 144 valence electrons. The number of piperidine rings is 3. The fourth-order valence-corrected chi connectivity index (χ4v) is 5.36. The summed E-state index contributed by atoms with van der Waals surface area (Å²) in [6.45, 7) is 2.95. The van der Waals surface area contributed by atoms with Crippen LogP contribution in [0.1, 0.15) is 50.6 Å². The Morgan fingerprint density at radius 1 is 1.23 bits per heavy atom. The summed E-state index contributed by atoms with van der Waals surface area (Å²) in [7, 11) is 3.75. The fraction of sp³-hybridized carbons (Fsp3) is 0.850. The molecule has 0 spiro atoms. The van der Waals surface area contributed by atoms with E-state index < -0.39 is 0 Å². The molecule has 6 heteroatoms. The molecule has 6 nitrogen and oxygen atoms in total. The van der Waals surface area contributed by atoms with E-state index in [4.69, 9.17) is 0 Å². The number of rotatable bonds is 5. The minimum absolute atomic E-state index is 0.188. The highest BCUT2D eigenvalue weighted by Gasteiger charge is 2.43. The molecule has 1 amide bonds. The van der Waals surface area contributed by atoms with E-state index in [0.29, 0.717) is 17.9 Å². The van der Waals surface area contributed by atoms with Crippen molar-refractivity contribution in [3.8, 4) is 0 Å². The second kappa shape index (κ2) is 7.67. The van der Waals surface area contributed by atoms with Crippen LogP contribution in [0.2, 0.25) is 0 Å². The molecule has 1 aromatic heterocycles. The van der Waals surface area contributed by atoms with Gasteiger partial charge in [0.25, 0.3) is 0 Å². The molecular formula is C20H33N5O. The predicted octanol–water partition coefficient (Wildman–Crippen LogP) is 2.20. The Balaban J connectivity index is 1.33. The van der Waals surface area contributed by atoms with Gasteiger partial charge < -0.3 is 4.90 Å². The maximum atomic E-state index is 12.4. The van der Waals surface area contributed by atoms with Gasteiger partial charge in [0.1, 0.15) is 0 Å². The van der Waals surface area contributed by atoms with Crippen LogP contribution in [0.15, 0.2) is 6.20 Å². The molecule has 26 heavy (non-hydrogen) atoms. The predicted molar refractivity (Wildman–Crippen MR) is 101 cm³/mol. The molecule has 4 heterocycles. The van der Waals surface area contributed by atoms with Gasteiger partial charge in [-0.25, -0.2) is 0 Å². The Kier molecular flexibility index (Phi) is 5.30. The molecule has 2 bridgehead atoms. The molecule has 1 unspecified atom stereocenters. The summed E-state index contributed by atoms with van der Waals surface area (Å²) in [4.78, 5) is 16.7. The number of carbonyl (C=O) groups is 1. The Labute approximate surface area is 156 Å². The zero-order valence-electron chi connectivity index (χ0n) is 16.3. The van der Waals surface area contributed by atoms with Crippen molar-refractivity contribution in [3.05, 3.63) is 11.9 Å². The first-order chi connectivity index (χ1) is 12.6. The minimum atomic E-state index is 0.188. The third-order valence-corrected chi connectivity index (χ3v) is 6.84. The summed E-state index contributed by atoms with van der Waals surface area (Å²) in [5.74, 6) is 1.83. The summed E-state index contributed by atoms with van der Waals surface area (Å²) < 4.78 is 2.05. The van der Waals surface area contributed by atoms with Gasteiger partial charge in [-0.1, -0.05) is 37.3 Å². The standard InChI is InChI=1S/C20H33N5O/c1-23(2)20(26)19-14-24-9-8-16(19)11-18(24)13-25-12-17(21-22-25)10-15-6-4-3-5-7-15/h12,15-16,18-19H,3-11,13-14H2,1-2H3/t16-,18+,19-/m0/s1. The van der Waals surface area contributed by atoms with E-state index in [9.17, 15) is 4.79 Å². The van der Waals surface area contributed by atoms with Gasteiger partial charge in [0.15, 0.2) is 0 Å². The number of amides is 1. The highest BCUT2D eigenvalue weighted by atomic mass is 16.2. The molecule has 0 radical (unpaired) electrons. The number of hydrogen-bond donors (Lipinski definition) is 0. The third kappa shape index (κ3) is 3.80. The molecule has 0 N–H and O–H groups in total. The quantitative estimate of drug-likeness (QED) is 0.809. The van der Waals surface area contributed by atoms with Gasteiger partial charge in [-0.05, 0) is 37.6 Å². The van der Waals surface area contributed by atoms with Crippen LogP contribution < -0.4 is 0 Å². The number of nitrogens with zero attached hydrogens (tertiary/aromatic N) is 5. The van der Waals surface area contributed by atoms with E-state index in [0.717, 1.165) is 50.5 Å². The zero-order chi connectivity index (χ0) is 18.1. The smallest absolute Gasteiger partial charge is 0.226 e. The Morgan fingerprint density at radius 2 is 2.04 bits per heavy atom. The molecule has 5 rings (SSSR count). The topological polar surface area (TPSA) is 54.3 Å². The van der Waals surface area contributed by atoms with Crippen LogP contribution >= 0.6 is 0 Å². The summed E-state index contributed by atoms with van der Waals surface area (Å²) in [6, 6.07) is 0.504. The van der Waals surface area contributed by atoms with E-state index in [-0.39, 0.29) is 5.92 Å². The van der Waals surface area contributed by atoms with Crippen LogP contribution in [0, 0.1) is 17.8 Å². The van der Waals surface area contributed by atoms with Gasteiger partial charge >= 0.3 is 0 Å². The van der Waals surface area contributed by atoms with Gasteiger partial charge in [-0.2, -0.15) is 0 Å². The van der Waals surface area contributed by atoms with Gasteiger partial charge in [0.2, 0.25) is 5.91 Å². The Bertz CT molecular complexity index is 621. The van der Waals surface area contributed by atoms with Crippen molar-refractivity contribution in [2.75, 3.05) is 27.2 Å². The summed E-state index contributed by atoms with van der Waals surface area (Å²) >= 11 is 0. The van der Waals surface area contributed by atoms with Gasteiger partial charge in [-0.3, -0.25) is 14.4 Å². The maximum absolute atomic E-state index is 12.4. The third-order valence-electron chi connectivity index (χ3n) is 6.84. The normalized spacial score (nSPS) is 31.9. The maximum Gasteiger partial charge on any atom is 0.226 e. The van der Waals surface area contributed by atoms with Crippen molar-refractivity contribution in [1.29, 1.82) is 0 Å². The molecule has 3 aliphatic heterocycles. The second-order valence-corrected chi connectivity index (χ2v) is 8.91. The first kappa shape index (κ1) is 18.0. The molecule has 3 saturated heterocycles. The lowest BCUT2D eigenvalue weighted by Gasteiger charge is -2.49. The zero-order valence-corrected chi connectivity index (χ0v) is 16.3. The van der Waals surface area contributed by atoms with Crippen LogP contribution in [0.4, 0.5) is 0 Å². The molecule has 4 aliphatic rings. The molecular weight excluding hydrogens is 326 g/mol. The molecule has 1 aromatic rings. The minimum Gasteiger partial charge on any atom is -0.349 e. The molecule has 4 atom stereocenters. The molecule has 4 fully saturated rings. The number of carbonyl (C=O) groups excluding carboxylic acids is 1. The lowest BCUT2D eigenvalue weighted by atomic mass is 9.75. The largest absolute Gasteiger partial charge is 0.349 e. The first-order valence-electron chi connectivity index (χ1n) is 10.4. The van der Waals surface area contributed by atoms with Crippen molar-refractivity contribution >= 4 is 5.91 Å².